The van der Waals surface area contributed by atoms with Crippen LogP contribution in [0.25, 0.3) is 11.0 Å². The topological polar surface area (TPSA) is 79.0 Å². The van der Waals surface area contributed by atoms with E-state index in [1.807, 2.05) is 6.92 Å². The fourth-order valence-electron chi connectivity index (χ4n) is 2.93. The molecule has 0 amide bonds. The molecule has 0 radical (unpaired) electrons. The van der Waals surface area contributed by atoms with Crippen molar-refractivity contribution < 1.29 is 4.74 Å². The molecule has 1 fully saturated rings. The summed E-state index contributed by atoms with van der Waals surface area (Å²) in [6.45, 7) is 5.62. The maximum Gasteiger partial charge on any atom is 0.226 e. The van der Waals surface area contributed by atoms with Gasteiger partial charge in [0.1, 0.15) is 5.82 Å². The molecule has 2 aromatic rings. The van der Waals surface area contributed by atoms with Crippen molar-refractivity contribution in [1.29, 1.82) is 0 Å². The van der Waals surface area contributed by atoms with Gasteiger partial charge >= 0.3 is 0 Å². The number of aromatic amines is 1. The number of hydrogen-bond acceptors (Lipinski definition) is 6. The van der Waals surface area contributed by atoms with E-state index in [0.717, 1.165) is 49.5 Å². The summed E-state index contributed by atoms with van der Waals surface area (Å²) in [5, 5.41) is 11.2. The van der Waals surface area contributed by atoms with Gasteiger partial charge in [0, 0.05) is 26.7 Å². The largest absolute Gasteiger partial charge is 0.384 e. The quantitative estimate of drug-likeness (QED) is 0.871. The Balaban J connectivity index is 1.92. The third kappa shape index (κ3) is 2.92. The number of anilines is 2. The van der Waals surface area contributed by atoms with Crippen molar-refractivity contribution in [2.75, 3.05) is 43.6 Å². The molecule has 0 spiro atoms. The van der Waals surface area contributed by atoms with E-state index in [1.165, 1.54) is 6.42 Å². The van der Waals surface area contributed by atoms with Gasteiger partial charge in [-0.15, -0.1) is 0 Å². The second-order valence-electron chi connectivity index (χ2n) is 5.44. The molecule has 114 valence electrons. The molecular weight excluding hydrogens is 268 g/mol. The van der Waals surface area contributed by atoms with Gasteiger partial charge in [0.25, 0.3) is 0 Å². The zero-order chi connectivity index (χ0) is 14.7. The van der Waals surface area contributed by atoms with Gasteiger partial charge in [-0.1, -0.05) is 0 Å². The molecule has 7 heteroatoms. The standard InChI is InChI=1S/C14H22N6O/c1-3-15-14-17-12-11(7-16-19-12)13(18-14)20-6-4-5-10(8-20)9-21-2/h7,10H,3-6,8-9H2,1-2H3,(H2,15,16,17,18,19). The molecule has 1 saturated heterocycles. The number of nitrogens with zero attached hydrogens (tertiary/aromatic N) is 4. The Kier molecular flexibility index (Phi) is 4.19. The first-order valence-electron chi connectivity index (χ1n) is 7.50. The average molecular weight is 290 g/mol. The molecule has 0 aromatic carbocycles. The SMILES string of the molecule is CCNc1nc(N2CCCC(COC)C2)c2cn[nH]c2n1. The molecular formula is C14H22N6O. The molecule has 0 saturated carbocycles. The predicted octanol–water partition coefficient (Wildman–Crippen LogP) is 1.65. The van der Waals surface area contributed by atoms with Crippen molar-refractivity contribution >= 4 is 22.8 Å². The summed E-state index contributed by atoms with van der Waals surface area (Å²) in [7, 11) is 1.77. The van der Waals surface area contributed by atoms with E-state index in [4.69, 9.17) is 4.74 Å². The van der Waals surface area contributed by atoms with Crippen LogP contribution < -0.4 is 10.2 Å². The lowest BCUT2D eigenvalue weighted by molar-refractivity contribution is 0.143. The lowest BCUT2D eigenvalue weighted by atomic mass is 9.99. The molecule has 21 heavy (non-hydrogen) atoms. The number of methoxy groups -OCH3 is 1. The van der Waals surface area contributed by atoms with Crippen molar-refractivity contribution in [3.05, 3.63) is 6.20 Å². The summed E-state index contributed by atoms with van der Waals surface area (Å²) < 4.78 is 5.31. The second-order valence-corrected chi connectivity index (χ2v) is 5.44. The Hall–Kier alpha value is -1.89. The van der Waals surface area contributed by atoms with Crippen molar-refractivity contribution in [3.63, 3.8) is 0 Å². The summed E-state index contributed by atoms with van der Waals surface area (Å²) in [5.41, 5.74) is 0.782. The molecule has 0 aliphatic carbocycles. The summed E-state index contributed by atoms with van der Waals surface area (Å²) in [5.74, 6) is 2.17. The van der Waals surface area contributed by atoms with E-state index in [2.05, 4.69) is 30.4 Å². The van der Waals surface area contributed by atoms with E-state index in [9.17, 15) is 0 Å². The lowest BCUT2D eigenvalue weighted by Gasteiger charge is -2.33. The predicted molar refractivity (Wildman–Crippen MR) is 82.7 cm³/mol. The lowest BCUT2D eigenvalue weighted by Crippen LogP contribution is -2.37. The van der Waals surface area contributed by atoms with Crippen molar-refractivity contribution in [1.82, 2.24) is 20.2 Å². The molecule has 3 rings (SSSR count). The highest BCUT2D eigenvalue weighted by molar-refractivity contribution is 5.87. The Morgan fingerprint density at radius 3 is 3.19 bits per heavy atom. The minimum atomic E-state index is 0.559. The van der Waals surface area contributed by atoms with Gasteiger partial charge in [-0.05, 0) is 25.7 Å². The minimum Gasteiger partial charge on any atom is -0.384 e. The van der Waals surface area contributed by atoms with Gasteiger partial charge in [0.2, 0.25) is 5.95 Å². The van der Waals surface area contributed by atoms with E-state index in [1.54, 1.807) is 13.3 Å². The van der Waals surface area contributed by atoms with Gasteiger partial charge in [0.15, 0.2) is 5.65 Å². The zero-order valence-corrected chi connectivity index (χ0v) is 12.6. The molecule has 1 aliphatic rings. The van der Waals surface area contributed by atoms with Crippen LogP contribution in [0, 0.1) is 5.92 Å². The van der Waals surface area contributed by atoms with E-state index in [0.29, 0.717) is 11.9 Å². The third-order valence-corrected chi connectivity index (χ3v) is 3.85. The minimum absolute atomic E-state index is 0.559. The summed E-state index contributed by atoms with van der Waals surface area (Å²) in [6, 6.07) is 0. The van der Waals surface area contributed by atoms with Crippen LogP contribution in [-0.2, 0) is 4.74 Å². The monoisotopic (exact) mass is 290 g/mol. The highest BCUT2D eigenvalue weighted by atomic mass is 16.5. The van der Waals surface area contributed by atoms with Crippen LogP contribution in [0.5, 0.6) is 0 Å². The summed E-state index contributed by atoms with van der Waals surface area (Å²) >= 11 is 0. The average Bonchev–Trinajstić information content (AvgIpc) is 2.96. The smallest absolute Gasteiger partial charge is 0.226 e. The van der Waals surface area contributed by atoms with Crippen LogP contribution in [0.1, 0.15) is 19.8 Å². The molecule has 1 aliphatic heterocycles. The van der Waals surface area contributed by atoms with Crippen LogP contribution in [-0.4, -0.2) is 53.5 Å². The zero-order valence-electron chi connectivity index (χ0n) is 12.6. The van der Waals surface area contributed by atoms with E-state index >= 15 is 0 Å². The Bertz CT molecular complexity index is 596. The van der Waals surface area contributed by atoms with Crippen molar-refractivity contribution in [3.8, 4) is 0 Å². The van der Waals surface area contributed by atoms with E-state index in [-0.39, 0.29) is 0 Å². The Morgan fingerprint density at radius 2 is 2.38 bits per heavy atom. The maximum atomic E-state index is 5.31. The molecule has 1 atom stereocenters. The Labute approximate surface area is 124 Å². The first-order chi connectivity index (χ1) is 10.3. The second kappa shape index (κ2) is 6.26. The van der Waals surface area contributed by atoms with Crippen LogP contribution >= 0.6 is 0 Å². The van der Waals surface area contributed by atoms with Gasteiger partial charge in [-0.3, -0.25) is 5.10 Å². The molecule has 1 unspecified atom stereocenters. The highest BCUT2D eigenvalue weighted by Crippen LogP contribution is 2.28. The number of fused-ring (bicyclic) bond motifs is 1. The molecule has 7 nitrogen and oxygen atoms in total. The Morgan fingerprint density at radius 1 is 1.48 bits per heavy atom. The van der Waals surface area contributed by atoms with Crippen LogP contribution in [0.4, 0.5) is 11.8 Å². The summed E-state index contributed by atoms with van der Waals surface area (Å²) in [4.78, 5) is 11.5. The number of H-pyrrole nitrogens is 1. The first kappa shape index (κ1) is 14.1. The molecule has 2 aromatic heterocycles. The number of piperidine rings is 1. The van der Waals surface area contributed by atoms with Crippen molar-refractivity contribution in [2.24, 2.45) is 5.92 Å². The van der Waals surface area contributed by atoms with Crippen LogP contribution in [0.2, 0.25) is 0 Å². The highest BCUT2D eigenvalue weighted by Gasteiger charge is 2.23. The molecule has 0 bridgehead atoms. The fourth-order valence-corrected chi connectivity index (χ4v) is 2.93. The van der Waals surface area contributed by atoms with E-state index < -0.39 is 0 Å². The molecule has 2 N–H and O–H groups in total. The number of rotatable bonds is 5. The van der Waals surface area contributed by atoms with Gasteiger partial charge in [0.05, 0.1) is 18.2 Å². The number of aromatic nitrogens is 4. The fraction of sp³-hybridized carbons (Fsp3) is 0.643. The van der Waals surface area contributed by atoms with Crippen molar-refractivity contribution in [2.45, 2.75) is 19.8 Å². The van der Waals surface area contributed by atoms with Gasteiger partial charge in [-0.25, -0.2) is 0 Å². The number of hydrogen-bond donors (Lipinski definition) is 2. The van der Waals surface area contributed by atoms with Crippen LogP contribution in [0.15, 0.2) is 6.20 Å². The maximum absolute atomic E-state index is 5.31. The number of nitrogens with one attached hydrogen (secondary N) is 2. The molecule has 3 heterocycles. The van der Waals surface area contributed by atoms with Gasteiger partial charge in [-0.2, -0.15) is 15.1 Å². The van der Waals surface area contributed by atoms with Crippen LogP contribution in [0.3, 0.4) is 0 Å². The first-order valence-corrected chi connectivity index (χ1v) is 7.50. The third-order valence-electron chi connectivity index (χ3n) is 3.85. The normalized spacial score (nSPS) is 19.1. The summed E-state index contributed by atoms with van der Waals surface area (Å²) in [6.07, 6.45) is 4.18. The van der Waals surface area contributed by atoms with Gasteiger partial charge < -0.3 is 15.0 Å². The number of ether oxygens (including phenoxy) is 1.